The summed E-state index contributed by atoms with van der Waals surface area (Å²) in [6.07, 6.45) is 0. The maximum absolute atomic E-state index is 12.2. The lowest BCUT2D eigenvalue weighted by atomic mass is 10.2. The van der Waals surface area contributed by atoms with E-state index < -0.39 is 5.97 Å². The van der Waals surface area contributed by atoms with Gasteiger partial charge in [0.2, 0.25) is 0 Å². The van der Waals surface area contributed by atoms with E-state index in [1.807, 2.05) is 36.4 Å². The second kappa shape index (κ2) is 9.42. The molecule has 7 heteroatoms. The number of carbonyl (C=O) groups excluding carboxylic acids is 2. The Bertz CT molecular complexity index is 838. The van der Waals surface area contributed by atoms with Crippen molar-refractivity contribution in [3.05, 3.63) is 60.2 Å². The van der Waals surface area contributed by atoms with Crippen LogP contribution in [-0.2, 0) is 14.3 Å². The lowest BCUT2D eigenvalue weighted by molar-refractivity contribution is -0.153. The van der Waals surface area contributed by atoms with Gasteiger partial charge in [-0.25, -0.2) is 4.79 Å². The average molecular weight is 379 g/mol. The number of ether oxygens (including phenoxy) is 2. The summed E-state index contributed by atoms with van der Waals surface area (Å²) in [5.41, 5.74) is 1.65. The third-order valence-corrected chi connectivity index (χ3v) is 4.45. The van der Waals surface area contributed by atoms with Gasteiger partial charge in [0.1, 0.15) is 5.75 Å². The van der Waals surface area contributed by atoms with Crippen LogP contribution < -0.4 is 9.64 Å². The number of carbonyl (C=O) groups is 2. The lowest BCUT2D eigenvalue weighted by Gasteiger charge is -2.36. The highest BCUT2D eigenvalue weighted by molar-refractivity contribution is 5.81. The van der Waals surface area contributed by atoms with Gasteiger partial charge in [0, 0.05) is 31.9 Å². The molecule has 0 spiro atoms. The molecule has 2 aromatic rings. The zero-order valence-electron chi connectivity index (χ0n) is 15.4. The molecule has 1 aliphatic rings. The minimum Gasteiger partial charge on any atom is -0.482 e. The van der Waals surface area contributed by atoms with Crippen LogP contribution in [0.25, 0.3) is 0 Å². The molecule has 0 aliphatic carbocycles. The molecule has 0 N–H and O–H groups in total. The van der Waals surface area contributed by atoms with Crippen molar-refractivity contribution in [2.75, 3.05) is 44.3 Å². The topological polar surface area (TPSA) is 82.9 Å². The van der Waals surface area contributed by atoms with Crippen LogP contribution in [0.4, 0.5) is 5.69 Å². The van der Waals surface area contributed by atoms with Gasteiger partial charge in [-0.2, -0.15) is 5.26 Å². The van der Waals surface area contributed by atoms with Crippen LogP contribution in [0.15, 0.2) is 54.6 Å². The van der Waals surface area contributed by atoms with Crippen LogP contribution in [0.5, 0.6) is 5.75 Å². The van der Waals surface area contributed by atoms with Crippen LogP contribution in [0, 0.1) is 11.3 Å². The molecule has 0 saturated carbocycles. The Labute approximate surface area is 163 Å². The van der Waals surface area contributed by atoms with Gasteiger partial charge in [0.25, 0.3) is 5.91 Å². The minimum atomic E-state index is -0.611. The second-order valence-corrected chi connectivity index (χ2v) is 6.29. The van der Waals surface area contributed by atoms with E-state index in [-0.39, 0.29) is 19.1 Å². The molecule has 0 bridgehead atoms. The van der Waals surface area contributed by atoms with Gasteiger partial charge in [0.15, 0.2) is 13.2 Å². The first-order valence-corrected chi connectivity index (χ1v) is 9.02. The molecular weight excluding hydrogens is 358 g/mol. The number of piperazine rings is 1. The summed E-state index contributed by atoms with van der Waals surface area (Å²) in [4.78, 5) is 28.0. The monoisotopic (exact) mass is 379 g/mol. The molecule has 0 aromatic heterocycles. The van der Waals surface area contributed by atoms with Gasteiger partial charge in [-0.15, -0.1) is 0 Å². The van der Waals surface area contributed by atoms with E-state index >= 15 is 0 Å². The Hall–Kier alpha value is -3.53. The molecule has 1 amide bonds. The normalized spacial score (nSPS) is 13.5. The summed E-state index contributed by atoms with van der Waals surface area (Å²) in [7, 11) is 0. The van der Waals surface area contributed by atoms with Gasteiger partial charge in [-0.3, -0.25) is 4.79 Å². The van der Waals surface area contributed by atoms with Crippen molar-refractivity contribution in [3.8, 4) is 11.8 Å². The van der Waals surface area contributed by atoms with Gasteiger partial charge < -0.3 is 19.3 Å². The van der Waals surface area contributed by atoms with E-state index in [0.29, 0.717) is 24.4 Å². The average Bonchev–Trinajstić information content (AvgIpc) is 2.77. The first kappa shape index (κ1) is 19.2. The maximum atomic E-state index is 12.2. The first-order valence-electron chi connectivity index (χ1n) is 9.02. The molecule has 1 fully saturated rings. The van der Waals surface area contributed by atoms with Crippen LogP contribution >= 0.6 is 0 Å². The van der Waals surface area contributed by atoms with Crippen molar-refractivity contribution in [1.82, 2.24) is 4.90 Å². The van der Waals surface area contributed by atoms with Crippen LogP contribution in [0.2, 0.25) is 0 Å². The maximum Gasteiger partial charge on any atom is 0.344 e. The summed E-state index contributed by atoms with van der Waals surface area (Å²) in [5.74, 6) is -0.362. The van der Waals surface area contributed by atoms with E-state index in [0.717, 1.165) is 18.8 Å². The Balaban J connectivity index is 1.37. The van der Waals surface area contributed by atoms with Crippen molar-refractivity contribution >= 4 is 17.6 Å². The van der Waals surface area contributed by atoms with E-state index in [4.69, 9.17) is 14.7 Å². The fraction of sp³-hybridized carbons (Fsp3) is 0.286. The van der Waals surface area contributed by atoms with Crippen molar-refractivity contribution < 1.29 is 19.1 Å². The smallest absolute Gasteiger partial charge is 0.344 e. The van der Waals surface area contributed by atoms with Crippen LogP contribution in [0.3, 0.4) is 0 Å². The van der Waals surface area contributed by atoms with E-state index in [1.165, 1.54) is 0 Å². The number of hydrogen-bond donors (Lipinski definition) is 0. The Kier molecular flexibility index (Phi) is 6.47. The highest BCUT2D eigenvalue weighted by Gasteiger charge is 2.22. The molecule has 1 saturated heterocycles. The summed E-state index contributed by atoms with van der Waals surface area (Å²) in [6, 6.07) is 18.5. The predicted octanol–water partition coefficient (Wildman–Crippen LogP) is 1.83. The van der Waals surface area contributed by atoms with E-state index in [1.54, 1.807) is 29.2 Å². The Morgan fingerprint density at radius 2 is 1.61 bits per heavy atom. The lowest BCUT2D eigenvalue weighted by Crippen LogP contribution is -2.50. The molecule has 0 atom stereocenters. The highest BCUT2D eigenvalue weighted by atomic mass is 16.6. The van der Waals surface area contributed by atoms with Crippen molar-refractivity contribution in [2.24, 2.45) is 0 Å². The zero-order chi connectivity index (χ0) is 19.8. The van der Waals surface area contributed by atoms with Gasteiger partial charge in [-0.1, -0.05) is 18.2 Å². The summed E-state index contributed by atoms with van der Waals surface area (Å²) in [5, 5.41) is 8.75. The SMILES string of the molecule is N#Cc1ccc(OCC(=O)OCC(=O)N2CCN(c3ccccc3)CC2)cc1. The predicted molar refractivity (Wildman–Crippen MR) is 103 cm³/mol. The molecular formula is C21H21N3O4. The quantitative estimate of drug-likeness (QED) is 0.712. The molecule has 0 unspecified atom stereocenters. The van der Waals surface area contributed by atoms with Crippen molar-refractivity contribution in [3.63, 3.8) is 0 Å². The second-order valence-electron chi connectivity index (χ2n) is 6.29. The van der Waals surface area contributed by atoms with Gasteiger partial charge in [-0.05, 0) is 36.4 Å². The molecule has 28 heavy (non-hydrogen) atoms. The number of hydrogen-bond acceptors (Lipinski definition) is 6. The largest absolute Gasteiger partial charge is 0.482 e. The Morgan fingerprint density at radius 3 is 2.25 bits per heavy atom. The van der Waals surface area contributed by atoms with Crippen molar-refractivity contribution in [2.45, 2.75) is 0 Å². The molecule has 1 aliphatic heterocycles. The standard InChI is InChI=1S/C21H21N3O4/c22-14-17-6-8-19(9-7-17)27-16-21(26)28-15-20(25)24-12-10-23(11-13-24)18-4-2-1-3-5-18/h1-9H,10-13,15-16H2. The van der Waals surface area contributed by atoms with Gasteiger partial charge >= 0.3 is 5.97 Å². The molecule has 1 heterocycles. The van der Waals surface area contributed by atoms with E-state index in [9.17, 15) is 9.59 Å². The fourth-order valence-electron chi connectivity index (χ4n) is 2.90. The fourth-order valence-corrected chi connectivity index (χ4v) is 2.90. The third kappa shape index (κ3) is 5.24. The molecule has 0 radical (unpaired) electrons. The Morgan fingerprint density at radius 1 is 0.929 bits per heavy atom. The molecule has 7 nitrogen and oxygen atoms in total. The highest BCUT2D eigenvalue weighted by Crippen LogP contribution is 2.15. The summed E-state index contributed by atoms with van der Waals surface area (Å²) >= 11 is 0. The number of esters is 1. The number of amides is 1. The number of nitriles is 1. The molecule has 3 rings (SSSR count). The minimum absolute atomic E-state index is 0.209. The molecule has 144 valence electrons. The summed E-state index contributed by atoms with van der Waals surface area (Å²) < 4.78 is 10.3. The van der Waals surface area contributed by atoms with E-state index in [2.05, 4.69) is 4.90 Å². The summed E-state index contributed by atoms with van der Waals surface area (Å²) in [6.45, 7) is 2.08. The van der Waals surface area contributed by atoms with Crippen molar-refractivity contribution in [1.29, 1.82) is 5.26 Å². The van der Waals surface area contributed by atoms with Gasteiger partial charge in [0.05, 0.1) is 11.6 Å². The number of anilines is 1. The molecule has 2 aromatic carbocycles. The number of nitrogens with zero attached hydrogens (tertiary/aromatic N) is 3. The number of rotatable bonds is 6. The number of para-hydroxylation sites is 1. The zero-order valence-corrected chi connectivity index (χ0v) is 15.4. The first-order chi connectivity index (χ1) is 13.7. The third-order valence-electron chi connectivity index (χ3n) is 4.45. The van der Waals surface area contributed by atoms with Crippen LogP contribution in [0.1, 0.15) is 5.56 Å². The number of benzene rings is 2. The van der Waals surface area contributed by atoms with Crippen LogP contribution in [-0.4, -0.2) is 56.2 Å².